The summed E-state index contributed by atoms with van der Waals surface area (Å²) in [6, 6.07) is 18.4. The number of carbonyl (C=O) groups is 2. The van der Waals surface area contributed by atoms with E-state index in [1.165, 1.54) is 43.2 Å². The van der Waals surface area contributed by atoms with Crippen molar-refractivity contribution < 1.29 is 14.7 Å². The van der Waals surface area contributed by atoms with Gasteiger partial charge >= 0.3 is 5.97 Å². The number of piperidine rings is 1. The van der Waals surface area contributed by atoms with E-state index < -0.39 is 5.97 Å². The van der Waals surface area contributed by atoms with Crippen LogP contribution in [0, 0.1) is 24.7 Å². The Morgan fingerprint density at radius 3 is 2.27 bits per heavy atom. The van der Waals surface area contributed by atoms with Crippen LogP contribution >= 0.6 is 0 Å². The van der Waals surface area contributed by atoms with Gasteiger partial charge in [-0.25, -0.2) is 0 Å². The minimum atomic E-state index is -0.624. The summed E-state index contributed by atoms with van der Waals surface area (Å²) in [4.78, 5) is 30.0. The molecule has 0 amide bonds. The van der Waals surface area contributed by atoms with E-state index in [9.17, 15) is 14.7 Å². The highest BCUT2D eigenvalue weighted by Gasteiger charge is 2.43. The topological polar surface area (TPSA) is 60.9 Å². The molecule has 0 radical (unpaired) electrons. The molecule has 1 saturated carbocycles. The van der Waals surface area contributed by atoms with Crippen LogP contribution in [0.2, 0.25) is 0 Å². The number of aliphatic carboxylic acids is 1. The summed E-state index contributed by atoms with van der Waals surface area (Å²) >= 11 is 0. The second-order valence-corrected chi connectivity index (χ2v) is 12.8. The molecule has 1 aliphatic carbocycles. The number of carboxylic acids is 1. The summed E-state index contributed by atoms with van der Waals surface area (Å²) in [5.74, 6) is 1.47. The van der Waals surface area contributed by atoms with Gasteiger partial charge in [0.2, 0.25) is 0 Å². The van der Waals surface area contributed by atoms with Crippen molar-refractivity contribution in [3.05, 3.63) is 71.3 Å². The normalized spacial score (nSPS) is 24.2. The molecule has 1 N–H and O–H groups in total. The third-order valence-corrected chi connectivity index (χ3v) is 10.0. The molecule has 2 aromatic rings. The van der Waals surface area contributed by atoms with Crippen LogP contribution in [0.15, 0.2) is 54.6 Å². The molecule has 40 heavy (non-hydrogen) atoms. The molecular formula is C35H48N2O3. The molecule has 0 bridgehead atoms. The number of benzene rings is 2. The fraction of sp³-hybridized carbons (Fsp3) is 0.600. The number of Topliss-reactive ketones (excluding diaryl/α,β-unsaturated/α-hetero) is 1. The van der Waals surface area contributed by atoms with Crippen LogP contribution < -0.4 is 0 Å². The zero-order chi connectivity index (χ0) is 27.9. The van der Waals surface area contributed by atoms with Gasteiger partial charge in [0.05, 0.1) is 0 Å². The van der Waals surface area contributed by atoms with Gasteiger partial charge in [0, 0.05) is 37.5 Å². The summed E-state index contributed by atoms with van der Waals surface area (Å²) in [6.45, 7) is 7.06. The molecule has 0 spiro atoms. The minimum absolute atomic E-state index is 0.267. The monoisotopic (exact) mass is 544 g/mol. The summed E-state index contributed by atoms with van der Waals surface area (Å²) in [6.07, 6.45) is 10.8. The van der Waals surface area contributed by atoms with E-state index in [2.05, 4.69) is 47.1 Å². The second-order valence-electron chi connectivity index (χ2n) is 12.8. The first-order valence-corrected chi connectivity index (χ1v) is 15.8. The predicted octanol–water partition coefficient (Wildman–Crippen LogP) is 6.81. The number of carboxylic acid groups (broad SMARTS) is 1. The SMILES string of the molecule is Cc1ccc(C(=O)CCCC2CCN(CC3CN(C(C(=O)O)C4CCCCC4)CC3c3ccccc3)CC2)cc1. The van der Waals surface area contributed by atoms with Crippen molar-refractivity contribution in [2.24, 2.45) is 17.8 Å². The van der Waals surface area contributed by atoms with Crippen molar-refractivity contribution >= 4 is 11.8 Å². The molecule has 0 aromatic heterocycles. The van der Waals surface area contributed by atoms with Crippen molar-refractivity contribution in [3.8, 4) is 0 Å². The lowest BCUT2D eigenvalue weighted by Gasteiger charge is -2.35. The molecule has 3 aliphatic rings. The van der Waals surface area contributed by atoms with Crippen molar-refractivity contribution in [1.29, 1.82) is 0 Å². The van der Waals surface area contributed by atoms with Crippen molar-refractivity contribution in [1.82, 2.24) is 9.80 Å². The highest BCUT2D eigenvalue weighted by molar-refractivity contribution is 5.96. The standard InChI is InChI=1S/C35H48N2O3/c1-26-15-17-29(18-16-26)33(38)14-8-9-27-19-21-36(22-20-27)23-31-24-37(25-32(31)28-10-4-2-5-11-28)34(35(39)40)30-12-6-3-7-13-30/h2,4-5,10-11,15-18,27,30-32,34H,3,6-9,12-14,19-25H2,1H3,(H,39,40). The van der Waals surface area contributed by atoms with Crippen molar-refractivity contribution in [3.63, 3.8) is 0 Å². The molecule has 216 valence electrons. The molecular weight excluding hydrogens is 496 g/mol. The van der Waals surface area contributed by atoms with Gasteiger partial charge < -0.3 is 10.0 Å². The highest BCUT2D eigenvalue weighted by atomic mass is 16.4. The quantitative estimate of drug-likeness (QED) is 0.315. The second kappa shape index (κ2) is 13.9. The molecule has 3 unspecified atom stereocenters. The number of hydrogen-bond acceptors (Lipinski definition) is 4. The smallest absolute Gasteiger partial charge is 0.321 e. The Kier molecular flexibility index (Phi) is 10.1. The summed E-state index contributed by atoms with van der Waals surface area (Å²) in [5, 5.41) is 10.3. The molecule has 2 aliphatic heterocycles. The van der Waals surface area contributed by atoms with Crippen LogP contribution in [0.4, 0.5) is 0 Å². The van der Waals surface area contributed by atoms with Crippen LogP contribution in [-0.4, -0.2) is 65.4 Å². The molecule has 5 heteroatoms. The average Bonchev–Trinajstić information content (AvgIpc) is 3.38. The van der Waals surface area contributed by atoms with E-state index in [1.807, 2.05) is 24.3 Å². The predicted molar refractivity (Wildman–Crippen MR) is 161 cm³/mol. The van der Waals surface area contributed by atoms with Gasteiger partial charge in [-0.3, -0.25) is 14.5 Å². The lowest BCUT2D eigenvalue weighted by Crippen LogP contribution is -2.46. The third-order valence-electron chi connectivity index (χ3n) is 10.0. The fourth-order valence-electron chi connectivity index (χ4n) is 7.72. The molecule has 2 aromatic carbocycles. The first-order valence-electron chi connectivity index (χ1n) is 15.8. The minimum Gasteiger partial charge on any atom is -0.480 e. The fourth-order valence-corrected chi connectivity index (χ4v) is 7.72. The van der Waals surface area contributed by atoms with Crippen LogP contribution in [0.1, 0.15) is 91.6 Å². The summed E-state index contributed by atoms with van der Waals surface area (Å²) in [5.41, 5.74) is 3.39. The number of aryl methyl sites for hydroxylation is 1. The Labute approximate surface area is 241 Å². The van der Waals surface area contributed by atoms with Crippen LogP contribution in [0.3, 0.4) is 0 Å². The lowest BCUT2D eigenvalue weighted by molar-refractivity contribution is -0.145. The van der Waals surface area contributed by atoms with Crippen LogP contribution in [0.25, 0.3) is 0 Å². The Morgan fingerprint density at radius 2 is 1.60 bits per heavy atom. The maximum absolute atomic E-state index is 12.6. The number of hydrogen-bond donors (Lipinski definition) is 1. The molecule has 5 nitrogen and oxygen atoms in total. The van der Waals surface area contributed by atoms with E-state index >= 15 is 0 Å². The zero-order valence-corrected chi connectivity index (χ0v) is 24.3. The Hall–Kier alpha value is -2.50. The molecule has 3 atom stereocenters. The largest absolute Gasteiger partial charge is 0.480 e. The zero-order valence-electron chi connectivity index (χ0n) is 24.3. The molecule has 2 saturated heterocycles. The number of ketones is 1. The summed E-state index contributed by atoms with van der Waals surface area (Å²) in [7, 11) is 0. The Balaban J connectivity index is 1.14. The van der Waals surface area contributed by atoms with E-state index in [0.717, 1.165) is 64.0 Å². The molecule has 5 rings (SSSR count). The third kappa shape index (κ3) is 7.41. The van der Waals surface area contributed by atoms with Crippen LogP contribution in [-0.2, 0) is 4.79 Å². The van der Waals surface area contributed by atoms with Gasteiger partial charge in [-0.05, 0) is 81.9 Å². The van der Waals surface area contributed by atoms with E-state index in [-0.39, 0.29) is 17.7 Å². The van der Waals surface area contributed by atoms with Crippen molar-refractivity contribution in [2.75, 3.05) is 32.7 Å². The van der Waals surface area contributed by atoms with E-state index in [4.69, 9.17) is 0 Å². The van der Waals surface area contributed by atoms with Crippen LogP contribution in [0.5, 0.6) is 0 Å². The first-order chi connectivity index (χ1) is 19.5. The maximum atomic E-state index is 12.6. The van der Waals surface area contributed by atoms with E-state index in [0.29, 0.717) is 24.2 Å². The lowest BCUT2D eigenvalue weighted by atomic mass is 9.83. The van der Waals surface area contributed by atoms with Gasteiger partial charge in [-0.2, -0.15) is 0 Å². The number of carbonyl (C=O) groups excluding carboxylic acids is 1. The van der Waals surface area contributed by atoms with E-state index in [1.54, 1.807) is 0 Å². The number of nitrogens with zero attached hydrogens (tertiary/aromatic N) is 2. The van der Waals surface area contributed by atoms with Gasteiger partial charge in [0.1, 0.15) is 6.04 Å². The summed E-state index contributed by atoms with van der Waals surface area (Å²) < 4.78 is 0. The number of likely N-dealkylation sites (tertiary alicyclic amines) is 2. The Bertz CT molecular complexity index is 1090. The molecule has 2 heterocycles. The molecule has 3 fully saturated rings. The van der Waals surface area contributed by atoms with Gasteiger partial charge in [0.15, 0.2) is 5.78 Å². The van der Waals surface area contributed by atoms with Gasteiger partial charge in [-0.1, -0.05) is 79.4 Å². The van der Waals surface area contributed by atoms with Gasteiger partial charge in [-0.15, -0.1) is 0 Å². The number of rotatable bonds is 11. The average molecular weight is 545 g/mol. The first kappa shape index (κ1) is 29.0. The van der Waals surface area contributed by atoms with Gasteiger partial charge in [0.25, 0.3) is 0 Å². The maximum Gasteiger partial charge on any atom is 0.321 e. The Morgan fingerprint density at radius 1 is 0.900 bits per heavy atom. The highest BCUT2D eigenvalue weighted by Crippen LogP contribution is 2.38. The van der Waals surface area contributed by atoms with Crippen molar-refractivity contribution in [2.45, 2.75) is 83.1 Å².